The molecular formula is C17H18FNO2. The number of carboxylic acid groups (broad SMARTS) is 1. The van der Waals surface area contributed by atoms with Crippen LogP contribution < -0.4 is 0 Å². The lowest BCUT2D eigenvalue weighted by molar-refractivity contribution is 0.0694. The third-order valence-electron chi connectivity index (χ3n) is 3.39. The van der Waals surface area contributed by atoms with Gasteiger partial charge in [0.1, 0.15) is 5.82 Å². The summed E-state index contributed by atoms with van der Waals surface area (Å²) in [6.07, 6.45) is 0. The fraction of sp³-hybridized carbons (Fsp3) is 0.235. The second kappa shape index (κ2) is 6.99. The molecule has 2 aromatic carbocycles. The molecule has 2 aromatic rings. The summed E-state index contributed by atoms with van der Waals surface area (Å²) in [7, 11) is 0. The first-order valence-electron chi connectivity index (χ1n) is 6.88. The van der Waals surface area contributed by atoms with Crippen LogP contribution in [0.3, 0.4) is 0 Å². The maximum atomic E-state index is 13.4. The molecule has 1 N–H and O–H groups in total. The standard InChI is InChI=1S/C17H18FNO2/c1-2-19(11-13-6-4-3-5-7-13)12-14-10-15(18)8-9-16(14)17(20)21/h3-10H,2,11-12H2,1H3,(H,20,21). The van der Waals surface area contributed by atoms with E-state index in [1.165, 1.54) is 18.2 Å². The Bertz CT molecular complexity index is 613. The quantitative estimate of drug-likeness (QED) is 0.883. The summed E-state index contributed by atoms with van der Waals surface area (Å²) >= 11 is 0. The Morgan fingerprint density at radius 2 is 1.86 bits per heavy atom. The van der Waals surface area contributed by atoms with Crippen LogP contribution in [0.5, 0.6) is 0 Å². The maximum Gasteiger partial charge on any atom is 0.336 e. The Balaban J connectivity index is 2.18. The van der Waals surface area contributed by atoms with Gasteiger partial charge in [-0.1, -0.05) is 37.3 Å². The molecule has 0 aliphatic heterocycles. The molecule has 0 saturated carbocycles. The summed E-state index contributed by atoms with van der Waals surface area (Å²) in [6.45, 7) is 3.87. The average Bonchev–Trinajstić information content (AvgIpc) is 2.47. The van der Waals surface area contributed by atoms with Crippen LogP contribution in [-0.2, 0) is 13.1 Å². The molecule has 0 bridgehead atoms. The lowest BCUT2D eigenvalue weighted by Crippen LogP contribution is -2.23. The van der Waals surface area contributed by atoms with Crippen molar-refractivity contribution < 1.29 is 14.3 Å². The van der Waals surface area contributed by atoms with Crippen LogP contribution in [0.25, 0.3) is 0 Å². The molecule has 0 fully saturated rings. The van der Waals surface area contributed by atoms with Crippen molar-refractivity contribution in [1.29, 1.82) is 0 Å². The summed E-state index contributed by atoms with van der Waals surface area (Å²) < 4.78 is 13.4. The number of nitrogens with zero attached hydrogens (tertiary/aromatic N) is 1. The summed E-state index contributed by atoms with van der Waals surface area (Å²) in [5, 5.41) is 9.19. The van der Waals surface area contributed by atoms with Gasteiger partial charge >= 0.3 is 5.97 Å². The minimum atomic E-state index is -1.03. The van der Waals surface area contributed by atoms with E-state index < -0.39 is 11.8 Å². The molecule has 0 aromatic heterocycles. The van der Waals surface area contributed by atoms with Gasteiger partial charge in [0.2, 0.25) is 0 Å². The summed E-state index contributed by atoms with van der Waals surface area (Å²) in [6, 6.07) is 13.7. The highest BCUT2D eigenvalue weighted by Crippen LogP contribution is 2.16. The van der Waals surface area contributed by atoms with E-state index >= 15 is 0 Å². The highest BCUT2D eigenvalue weighted by Gasteiger charge is 2.14. The van der Waals surface area contributed by atoms with Gasteiger partial charge in [0.05, 0.1) is 5.56 Å². The van der Waals surface area contributed by atoms with E-state index in [-0.39, 0.29) is 5.56 Å². The number of aromatic carboxylic acids is 1. The van der Waals surface area contributed by atoms with Crippen LogP contribution in [0.2, 0.25) is 0 Å². The lowest BCUT2D eigenvalue weighted by Gasteiger charge is -2.21. The van der Waals surface area contributed by atoms with Gasteiger partial charge < -0.3 is 5.11 Å². The Morgan fingerprint density at radius 3 is 2.48 bits per heavy atom. The molecule has 0 unspecified atom stereocenters. The van der Waals surface area contributed by atoms with Crippen molar-refractivity contribution in [2.75, 3.05) is 6.54 Å². The van der Waals surface area contributed by atoms with Crippen molar-refractivity contribution in [3.05, 3.63) is 71.0 Å². The summed E-state index contributed by atoms with van der Waals surface area (Å²) in [5.74, 6) is -1.44. The van der Waals surface area contributed by atoms with E-state index in [1.807, 2.05) is 37.3 Å². The number of benzene rings is 2. The molecule has 0 aliphatic rings. The lowest BCUT2D eigenvalue weighted by atomic mass is 10.1. The van der Waals surface area contributed by atoms with Crippen molar-refractivity contribution in [2.24, 2.45) is 0 Å². The van der Waals surface area contributed by atoms with E-state index in [0.29, 0.717) is 18.7 Å². The van der Waals surface area contributed by atoms with Gasteiger partial charge in [-0.2, -0.15) is 0 Å². The Labute approximate surface area is 123 Å². The summed E-state index contributed by atoms with van der Waals surface area (Å²) in [5.41, 5.74) is 1.80. The molecule has 3 nitrogen and oxygen atoms in total. The van der Waals surface area contributed by atoms with Crippen molar-refractivity contribution in [1.82, 2.24) is 4.90 Å². The normalized spacial score (nSPS) is 10.8. The molecule has 0 atom stereocenters. The molecular weight excluding hydrogens is 269 g/mol. The van der Waals surface area contributed by atoms with E-state index in [9.17, 15) is 14.3 Å². The highest BCUT2D eigenvalue weighted by atomic mass is 19.1. The van der Waals surface area contributed by atoms with Crippen LogP contribution in [0.15, 0.2) is 48.5 Å². The van der Waals surface area contributed by atoms with Gasteiger partial charge in [-0.05, 0) is 35.9 Å². The first-order valence-corrected chi connectivity index (χ1v) is 6.88. The summed E-state index contributed by atoms with van der Waals surface area (Å²) in [4.78, 5) is 13.3. The largest absolute Gasteiger partial charge is 0.478 e. The van der Waals surface area contributed by atoms with Crippen LogP contribution in [-0.4, -0.2) is 22.5 Å². The molecule has 0 radical (unpaired) electrons. The van der Waals surface area contributed by atoms with Gasteiger partial charge in [-0.3, -0.25) is 4.90 Å². The topological polar surface area (TPSA) is 40.5 Å². The first-order chi connectivity index (χ1) is 10.1. The van der Waals surface area contributed by atoms with E-state index in [4.69, 9.17) is 0 Å². The molecule has 0 heterocycles. The molecule has 110 valence electrons. The fourth-order valence-corrected chi connectivity index (χ4v) is 2.26. The average molecular weight is 287 g/mol. The minimum absolute atomic E-state index is 0.155. The molecule has 21 heavy (non-hydrogen) atoms. The number of carboxylic acids is 1. The van der Waals surface area contributed by atoms with Crippen molar-refractivity contribution >= 4 is 5.97 Å². The van der Waals surface area contributed by atoms with Gasteiger partial charge in [0, 0.05) is 13.1 Å². The monoisotopic (exact) mass is 287 g/mol. The fourth-order valence-electron chi connectivity index (χ4n) is 2.26. The molecule has 0 saturated heterocycles. The zero-order chi connectivity index (χ0) is 15.2. The van der Waals surface area contributed by atoms with Crippen LogP contribution in [0.4, 0.5) is 4.39 Å². The van der Waals surface area contributed by atoms with Gasteiger partial charge in [0.15, 0.2) is 0 Å². The molecule has 0 amide bonds. The van der Waals surface area contributed by atoms with Crippen molar-refractivity contribution in [2.45, 2.75) is 20.0 Å². The zero-order valence-electron chi connectivity index (χ0n) is 11.9. The molecule has 0 aliphatic carbocycles. The van der Waals surface area contributed by atoms with Crippen LogP contribution >= 0.6 is 0 Å². The number of carbonyl (C=O) groups is 1. The predicted molar refractivity (Wildman–Crippen MR) is 79.6 cm³/mol. The van der Waals surface area contributed by atoms with Crippen LogP contribution in [0, 0.1) is 5.82 Å². The minimum Gasteiger partial charge on any atom is -0.478 e. The van der Waals surface area contributed by atoms with E-state index in [1.54, 1.807) is 0 Å². The number of rotatable bonds is 6. The Morgan fingerprint density at radius 1 is 1.14 bits per heavy atom. The van der Waals surface area contributed by atoms with Gasteiger partial charge in [-0.15, -0.1) is 0 Å². The second-order valence-corrected chi connectivity index (χ2v) is 4.90. The zero-order valence-corrected chi connectivity index (χ0v) is 11.9. The molecule has 2 rings (SSSR count). The van der Waals surface area contributed by atoms with Crippen LogP contribution in [0.1, 0.15) is 28.4 Å². The Kier molecular flexibility index (Phi) is 5.06. The molecule has 4 heteroatoms. The van der Waals surface area contributed by atoms with Gasteiger partial charge in [0.25, 0.3) is 0 Å². The number of hydrogen-bond acceptors (Lipinski definition) is 2. The van der Waals surface area contributed by atoms with Crippen molar-refractivity contribution in [3.63, 3.8) is 0 Å². The Hall–Kier alpha value is -2.20. The highest BCUT2D eigenvalue weighted by molar-refractivity contribution is 5.89. The third kappa shape index (κ3) is 4.13. The smallest absolute Gasteiger partial charge is 0.336 e. The molecule has 0 spiro atoms. The van der Waals surface area contributed by atoms with E-state index in [2.05, 4.69) is 4.90 Å². The second-order valence-electron chi connectivity index (χ2n) is 4.90. The number of hydrogen-bond donors (Lipinski definition) is 1. The van der Waals surface area contributed by atoms with E-state index in [0.717, 1.165) is 12.1 Å². The predicted octanol–water partition coefficient (Wildman–Crippen LogP) is 3.55. The third-order valence-corrected chi connectivity index (χ3v) is 3.39. The SMILES string of the molecule is CCN(Cc1ccccc1)Cc1cc(F)ccc1C(=O)O. The van der Waals surface area contributed by atoms with Crippen molar-refractivity contribution in [3.8, 4) is 0 Å². The number of halogens is 1. The maximum absolute atomic E-state index is 13.4. The first kappa shape index (κ1) is 15.2. The van der Waals surface area contributed by atoms with Gasteiger partial charge in [-0.25, -0.2) is 9.18 Å².